The number of rotatable bonds is 10. The van der Waals surface area contributed by atoms with E-state index in [-0.39, 0.29) is 18.9 Å². The number of aliphatic hydroxyl groups excluding tert-OH is 2. The zero-order valence-corrected chi connectivity index (χ0v) is 12.3. The lowest BCUT2D eigenvalue weighted by Gasteiger charge is -2.22. The number of benzene rings is 1. The van der Waals surface area contributed by atoms with Crippen LogP contribution in [0.25, 0.3) is 0 Å². The summed E-state index contributed by atoms with van der Waals surface area (Å²) in [6, 6.07) is 4.96. The minimum absolute atomic E-state index is 0.0212. The lowest BCUT2D eigenvalue weighted by Crippen LogP contribution is -2.29. The SMILES string of the molecule is CCCNc1c(CN(CCO)CCO)cccc1[N+](=O)[O-]. The van der Waals surface area contributed by atoms with Crippen LogP contribution in [0.1, 0.15) is 18.9 Å². The van der Waals surface area contributed by atoms with Crippen molar-refractivity contribution in [2.75, 3.05) is 38.2 Å². The first kappa shape index (κ1) is 17.4. The molecule has 0 aliphatic carbocycles. The predicted molar refractivity (Wildman–Crippen MR) is 81.3 cm³/mol. The molecule has 7 heteroatoms. The van der Waals surface area contributed by atoms with Crippen LogP contribution in [0.4, 0.5) is 11.4 Å². The van der Waals surface area contributed by atoms with E-state index in [2.05, 4.69) is 5.32 Å². The maximum absolute atomic E-state index is 11.1. The molecule has 118 valence electrons. The van der Waals surface area contributed by atoms with Crippen molar-refractivity contribution in [2.24, 2.45) is 0 Å². The molecule has 0 heterocycles. The molecular weight excluding hydrogens is 274 g/mol. The number of anilines is 1. The molecule has 0 bridgehead atoms. The van der Waals surface area contributed by atoms with E-state index in [0.29, 0.717) is 31.9 Å². The summed E-state index contributed by atoms with van der Waals surface area (Å²) in [6.07, 6.45) is 0.864. The second kappa shape index (κ2) is 9.28. The van der Waals surface area contributed by atoms with Crippen molar-refractivity contribution in [1.29, 1.82) is 0 Å². The van der Waals surface area contributed by atoms with Crippen LogP contribution in [0.3, 0.4) is 0 Å². The van der Waals surface area contributed by atoms with Gasteiger partial charge in [-0.3, -0.25) is 15.0 Å². The molecule has 0 aromatic heterocycles. The predicted octanol–water partition coefficient (Wildman–Crippen LogP) is 1.20. The summed E-state index contributed by atoms with van der Waals surface area (Å²) >= 11 is 0. The Balaban J connectivity index is 3.02. The fourth-order valence-corrected chi connectivity index (χ4v) is 2.12. The summed E-state index contributed by atoms with van der Waals surface area (Å²) in [5, 5.41) is 32.4. The molecule has 7 nitrogen and oxygen atoms in total. The summed E-state index contributed by atoms with van der Waals surface area (Å²) in [7, 11) is 0. The first-order valence-corrected chi connectivity index (χ1v) is 7.08. The van der Waals surface area contributed by atoms with Crippen LogP contribution >= 0.6 is 0 Å². The van der Waals surface area contributed by atoms with Gasteiger partial charge in [0.1, 0.15) is 5.69 Å². The number of nitrogens with zero attached hydrogens (tertiary/aromatic N) is 2. The zero-order valence-electron chi connectivity index (χ0n) is 12.3. The van der Waals surface area contributed by atoms with Crippen molar-refractivity contribution in [3.8, 4) is 0 Å². The molecule has 1 aromatic carbocycles. The lowest BCUT2D eigenvalue weighted by molar-refractivity contribution is -0.384. The Bertz CT molecular complexity index is 448. The molecule has 3 N–H and O–H groups in total. The first-order valence-electron chi connectivity index (χ1n) is 7.08. The van der Waals surface area contributed by atoms with Gasteiger partial charge in [0.05, 0.1) is 18.1 Å². The third kappa shape index (κ3) is 5.30. The topological polar surface area (TPSA) is 98.9 Å². The Morgan fingerprint density at radius 1 is 1.29 bits per heavy atom. The molecule has 0 aliphatic rings. The van der Waals surface area contributed by atoms with Crippen molar-refractivity contribution in [3.05, 3.63) is 33.9 Å². The Labute approximate surface area is 124 Å². The number of nitro benzene ring substituents is 1. The molecule has 21 heavy (non-hydrogen) atoms. The van der Waals surface area contributed by atoms with E-state index in [1.54, 1.807) is 6.07 Å². The molecular formula is C14H23N3O4. The van der Waals surface area contributed by atoms with Gasteiger partial charge >= 0.3 is 0 Å². The number of nitrogens with one attached hydrogen (secondary N) is 1. The molecule has 0 fully saturated rings. The van der Waals surface area contributed by atoms with Gasteiger partial charge in [-0.2, -0.15) is 0 Å². The Hall–Kier alpha value is -1.70. The van der Waals surface area contributed by atoms with Crippen molar-refractivity contribution in [2.45, 2.75) is 19.9 Å². The highest BCUT2D eigenvalue weighted by molar-refractivity contribution is 5.66. The third-order valence-electron chi connectivity index (χ3n) is 3.10. The Kier molecular flexibility index (Phi) is 7.66. The van der Waals surface area contributed by atoms with Crippen LogP contribution in [0.15, 0.2) is 18.2 Å². The van der Waals surface area contributed by atoms with E-state index in [0.717, 1.165) is 12.0 Å². The molecule has 0 aliphatic heterocycles. The number of aliphatic hydroxyl groups is 2. The highest BCUT2D eigenvalue weighted by atomic mass is 16.6. The van der Waals surface area contributed by atoms with E-state index in [4.69, 9.17) is 10.2 Å². The van der Waals surface area contributed by atoms with Gasteiger partial charge in [0.2, 0.25) is 0 Å². The van der Waals surface area contributed by atoms with Crippen LogP contribution in [0.5, 0.6) is 0 Å². The first-order chi connectivity index (χ1) is 10.1. The van der Waals surface area contributed by atoms with E-state index in [1.807, 2.05) is 17.9 Å². The van der Waals surface area contributed by atoms with Gasteiger partial charge < -0.3 is 15.5 Å². The molecule has 0 unspecified atom stereocenters. The number of hydrogen-bond acceptors (Lipinski definition) is 6. The zero-order chi connectivity index (χ0) is 15.7. The molecule has 0 saturated carbocycles. The van der Waals surface area contributed by atoms with Gasteiger partial charge in [0.15, 0.2) is 0 Å². The molecule has 0 saturated heterocycles. The van der Waals surface area contributed by atoms with Crippen molar-refractivity contribution in [1.82, 2.24) is 4.90 Å². The molecule has 1 aromatic rings. The minimum Gasteiger partial charge on any atom is -0.395 e. The average Bonchev–Trinajstić information content (AvgIpc) is 2.46. The van der Waals surface area contributed by atoms with Gasteiger partial charge in [-0.1, -0.05) is 19.1 Å². The maximum atomic E-state index is 11.1. The Morgan fingerprint density at radius 3 is 2.48 bits per heavy atom. The van der Waals surface area contributed by atoms with Crippen LogP contribution in [0.2, 0.25) is 0 Å². The summed E-state index contributed by atoms with van der Waals surface area (Å²) in [5.74, 6) is 0. The maximum Gasteiger partial charge on any atom is 0.292 e. The normalized spacial score (nSPS) is 10.9. The molecule has 1 rings (SSSR count). The average molecular weight is 297 g/mol. The molecule has 0 amide bonds. The van der Waals surface area contributed by atoms with Gasteiger partial charge in [0, 0.05) is 32.2 Å². The van der Waals surface area contributed by atoms with Crippen LogP contribution in [0, 0.1) is 10.1 Å². The van der Waals surface area contributed by atoms with Crippen LogP contribution in [-0.2, 0) is 6.54 Å². The minimum atomic E-state index is -0.399. The van der Waals surface area contributed by atoms with Crippen molar-refractivity contribution >= 4 is 11.4 Å². The van der Waals surface area contributed by atoms with E-state index < -0.39 is 4.92 Å². The van der Waals surface area contributed by atoms with Gasteiger partial charge in [-0.25, -0.2) is 0 Å². The summed E-state index contributed by atoms with van der Waals surface area (Å²) in [5.41, 5.74) is 1.36. The second-order valence-electron chi connectivity index (χ2n) is 4.72. The summed E-state index contributed by atoms with van der Waals surface area (Å²) in [4.78, 5) is 12.6. The molecule has 0 atom stereocenters. The second-order valence-corrected chi connectivity index (χ2v) is 4.72. The van der Waals surface area contributed by atoms with E-state index in [9.17, 15) is 10.1 Å². The summed E-state index contributed by atoms with van der Waals surface area (Å²) < 4.78 is 0. The smallest absolute Gasteiger partial charge is 0.292 e. The van der Waals surface area contributed by atoms with E-state index >= 15 is 0 Å². The van der Waals surface area contributed by atoms with Crippen LogP contribution in [-0.4, -0.2) is 52.9 Å². The third-order valence-corrected chi connectivity index (χ3v) is 3.10. The highest BCUT2D eigenvalue weighted by Gasteiger charge is 2.18. The van der Waals surface area contributed by atoms with Crippen molar-refractivity contribution < 1.29 is 15.1 Å². The quantitative estimate of drug-likeness (QED) is 0.443. The fourth-order valence-electron chi connectivity index (χ4n) is 2.12. The summed E-state index contributed by atoms with van der Waals surface area (Å²) in [6.45, 7) is 3.87. The fraction of sp³-hybridized carbons (Fsp3) is 0.571. The van der Waals surface area contributed by atoms with Crippen LogP contribution < -0.4 is 5.32 Å². The van der Waals surface area contributed by atoms with Crippen molar-refractivity contribution in [3.63, 3.8) is 0 Å². The van der Waals surface area contributed by atoms with Gasteiger partial charge in [-0.05, 0) is 12.0 Å². The van der Waals surface area contributed by atoms with Gasteiger partial charge in [0.25, 0.3) is 5.69 Å². The van der Waals surface area contributed by atoms with E-state index in [1.165, 1.54) is 6.07 Å². The number of hydrogen-bond donors (Lipinski definition) is 3. The molecule has 0 spiro atoms. The highest BCUT2D eigenvalue weighted by Crippen LogP contribution is 2.29. The van der Waals surface area contributed by atoms with Gasteiger partial charge in [-0.15, -0.1) is 0 Å². The molecule has 0 radical (unpaired) electrons. The number of para-hydroxylation sites is 1. The lowest BCUT2D eigenvalue weighted by atomic mass is 10.1. The monoisotopic (exact) mass is 297 g/mol. The Morgan fingerprint density at radius 2 is 1.95 bits per heavy atom. The standard InChI is InChI=1S/C14H23N3O4/c1-2-6-15-14-12(4-3-5-13(14)17(20)21)11-16(7-9-18)8-10-19/h3-5,15,18-19H,2,6-11H2,1H3. The number of nitro groups is 1. The largest absolute Gasteiger partial charge is 0.395 e.